The van der Waals surface area contributed by atoms with E-state index in [9.17, 15) is 8.42 Å². The zero-order chi connectivity index (χ0) is 14.5. The van der Waals surface area contributed by atoms with Gasteiger partial charge in [-0.3, -0.25) is 0 Å². The maximum absolute atomic E-state index is 12.5. The molecule has 0 aliphatic carbocycles. The molecule has 104 valence electrons. The van der Waals surface area contributed by atoms with Gasteiger partial charge in [-0.2, -0.15) is 4.31 Å². The maximum Gasteiger partial charge on any atom is 0.244 e. The van der Waals surface area contributed by atoms with Crippen LogP contribution in [0.2, 0.25) is 0 Å². The van der Waals surface area contributed by atoms with E-state index in [1.54, 1.807) is 19.1 Å². The zero-order valence-corrected chi connectivity index (χ0v) is 12.1. The summed E-state index contributed by atoms with van der Waals surface area (Å²) in [5.41, 5.74) is 1.22. The minimum absolute atomic E-state index is 0.0545. The fraction of sp³-hybridized carbons (Fsp3) is 0.429. The van der Waals surface area contributed by atoms with Crippen LogP contribution < -0.4 is 0 Å². The third kappa shape index (κ3) is 3.57. The van der Waals surface area contributed by atoms with Gasteiger partial charge in [0.1, 0.15) is 0 Å². The molecular formula is C14H19NO3S. The molecule has 0 heterocycles. The Morgan fingerprint density at radius 3 is 2.63 bits per heavy atom. The van der Waals surface area contributed by atoms with E-state index in [4.69, 9.17) is 11.5 Å². The van der Waals surface area contributed by atoms with Crippen LogP contribution in [0.3, 0.4) is 0 Å². The van der Waals surface area contributed by atoms with Crippen LogP contribution in [0.1, 0.15) is 24.5 Å². The largest absolute Gasteiger partial charge is 0.392 e. The van der Waals surface area contributed by atoms with Crippen LogP contribution in [0, 0.1) is 19.3 Å². The predicted octanol–water partition coefficient (Wildman–Crippen LogP) is 1.52. The van der Waals surface area contributed by atoms with Crippen LogP contribution in [-0.4, -0.2) is 30.9 Å². The smallest absolute Gasteiger partial charge is 0.244 e. The lowest BCUT2D eigenvalue weighted by atomic mass is 10.2. The third-order valence-electron chi connectivity index (χ3n) is 2.79. The van der Waals surface area contributed by atoms with Gasteiger partial charge in [-0.25, -0.2) is 8.42 Å². The molecular weight excluding hydrogens is 262 g/mol. The van der Waals surface area contributed by atoms with E-state index < -0.39 is 10.0 Å². The van der Waals surface area contributed by atoms with Crippen LogP contribution in [0.4, 0.5) is 0 Å². The molecule has 0 saturated carbocycles. The standard InChI is InChI=1S/C14H19NO3S/c1-4-8-15(9-5-2)19(17,18)14-10-13(11-16)7-6-12(14)3/h1,6-7,10,16H,5,8-9,11H2,2-3H3. The topological polar surface area (TPSA) is 57.6 Å². The second-order valence-electron chi connectivity index (χ2n) is 4.30. The Labute approximate surface area is 115 Å². The number of terminal acetylenes is 1. The van der Waals surface area contributed by atoms with Gasteiger partial charge in [0.25, 0.3) is 0 Å². The van der Waals surface area contributed by atoms with Crippen molar-refractivity contribution in [3.8, 4) is 12.3 Å². The van der Waals surface area contributed by atoms with Crippen molar-refractivity contribution in [3.63, 3.8) is 0 Å². The van der Waals surface area contributed by atoms with Gasteiger partial charge in [-0.15, -0.1) is 6.42 Å². The molecule has 0 fully saturated rings. The molecule has 1 N–H and O–H groups in total. The number of rotatable bonds is 6. The number of hydrogen-bond acceptors (Lipinski definition) is 3. The monoisotopic (exact) mass is 281 g/mol. The van der Waals surface area contributed by atoms with Crippen molar-refractivity contribution in [1.29, 1.82) is 0 Å². The van der Waals surface area contributed by atoms with Crippen LogP contribution >= 0.6 is 0 Å². The van der Waals surface area contributed by atoms with Crippen LogP contribution in [0.5, 0.6) is 0 Å². The molecule has 0 aliphatic rings. The summed E-state index contributed by atoms with van der Waals surface area (Å²) in [4.78, 5) is 0.211. The lowest BCUT2D eigenvalue weighted by Gasteiger charge is -2.20. The summed E-state index contributed by atoms with van der Waals surface area (Å²) in [5, 5.41) is 9.12. The van der Waals surface area contributed by atoms with Crippen molar-refractivity contribution in [2.75, 3.05) is 13.1 Å². The summed E-state index contributed by atoms with van der Waals surface area (Å²) >= 11 is 0. The maximum atomic E-state index is 12.5. The summed E-state index contributed by atoms with van der Waals surface area (Å²) in [6.45, 7) is 3.88. The first-order chi connectivity index (χ1) is 8.97. The number of nitrogens with zero attached hydrogens (tertiary/aromatic N) is 1. The Balaban J connectivity index is 3.28. The summed E-state index contributed by atoms with van der Waals surface area (Å²) in [6.07, 6.45) is 5.93. The van der Waals surface area contributed by atoms with Crippen molar-refractivity contribution in [2.24, 2.45) is 0 Å². The highest BCUT2D eigenvalue weighted by molar-refractivity contribution is 7.89. The number of aliphatic hydroxyl groups is 1. The van der Waals surface area contributed by atoms with Gasteiger partial charge < -0.3 is 5.11 Å². The van der Waals surface area contributed by atoms with E-state index in [1.165, 1.54) is 10.4 Å². The third-order valence-corrected chi connectivity index (χ3v) is 4.78. The Morgan fingerprint density at radius 1 is 1.42 bits per heavy atom. The highest BCUT2D eigenvalue weighted by atomic mass is 32.2. The van der Waals surface area contributed by atoms with E-state index in [0.29, 0.717) is 24.1 Å². The van der Waals surface area contributed by atoms with Gasteiger partial charge in [0.2, 0.25) is 10.0 Å². The molecule has 0 aromatic heterocycles. The van der Waals surface area contributed by atoms with Gasteiger partial charge in [-0.1, -0.05) is 25.0 Å². The normalized spacial score (nSPS) is 11.5. The molecule has 1 aromatic carbocycles. The fourth-order valence-corrected chi connectivity index (χ4v) is 3.52. The second-order valence-corrected chi connectivity index (χ2v) is 6.21. The van der Waals surface area contributed by atoms with Crippen molar-refractivity contribution < 1.29 is 13.5 Å². The molecule has 0 bridgehead atoms. The lowest BCUT2D eigenvalue weighted by molar-refractivity contribution is 0.281. The molecule has 1 aromatic rings. The number of sulfonamides is 1. The molecule has 0 aliphatic heterocycles. The van der Waals surface area contributed by atoms with Gasteiger partial charge in [0.15, 0.2) is 0 Å². The number of aryl methyl sites for hydroxylation is 1. The van der Waals surface area contributed by atoms with Gasteiger partial charge in [0.05, 0.1) is 18.0 Å². The lowest BCUT2D eigenvalue weighted by Crippen LogP contribution is -2.32. The molecule has 0 amide bonds. The van der Waals surface area contributed by atoms with Crippen molar-refractivity contribution in [1.82, 2.24) is 4.31 Å². The SMILES string of the molecule is C#CCN(CCC)S(=O)(=O)c1cc(CO)ccc1C. The van der Waals surface area contributed by atoms with Crippen molar-refractivity contribution in [2.45, 2.75) is 31.8 Å². The van der Waals surface area contributed by atoms with E-state index in [-0.39, 0.29) is 18.0 Å². The van der Waals surface area contributed by atoms with E-state index in [2.05, 4.69) is 5.92 Å². The Kier molecular flexibility index (Phi) is 5.55. The molecule has 19 heavy (non-hydrogen) atoms. The highest BCUT2D eigenvalue weighted by Crippen LogP contribution is 2.21. The van der Waals surface area contributed by atoms with Gasteiger partial charge in [-0.05, 0) is 30.5 Å². The number of benzene rings is 1. The van der Waals surface area contributed by atoms with Crippen LogP contribution in [0.15, 0.2) is 23.1 Å². The predicted molar refractivity (Wildman–Crippen MR) is 75.0 cm³/mol. The summed E-state index contributed by atoms with van der Waals surface area (Å²) in [5.74, 6) is 2.37. The molecule has 0 saturated heterocycles. The number of hydrogen-bond donors (Lipinski definition) is 1. The minimum Gasteiger partial charge on any atom is -0.392 e. The molecule has 0 spiro atoms. The van der Waals surface area contributed by atoms with Crippen molar-refractivity contribution in [3.05, 3.63) is 29.3 Å². The Hall–Kier alpha value is -1.35. The van der Waals surface area contributed by atoms with E-state index in [0.717, 1.165) is 0 Å². The molecule has 0 atom stereocenters. The van der Waals surface area contributed by atoms with Crippen molar-refractivity contribution >= 4 is 10.0 Å². The first kappa shape index (κ1) is 15.7. The van der Waals surface area contributed by atoms with Crippen LogP contribution in [-0.2, 0) is 16.6 Å². The van der Waals surface area contributed by atoms with Crippen LogP contribution in [0.25, 0.3) is 0 Å². The first-order valence-electron chi connectivity index (χ1n) is 6.11. The second kappa shape index (κ2) is 6.71. The summed E-state index contributed by atoms with van der Waals surface area (Å²) < 4.78 is 26.4. The quantitative estimate of drug-likeness (QED) is 0.804. The fourth-order valence-electron chi connectivity index (χ4n) is 1.80. The van der Waals surface area contributed by atoms with Gasteiger partial charge >= 0.3 is 0 Å². The average Bonchev–Trinajstić information content (AvgIpc) is 2.39. The zero-order valence-electron chi connectivity index (χ0n) is 11.3. The first-order valence-corrected chi connectivity index (χ1v) is 7.55. The molecule has 0 unspecified atom stereocenters. The highest BCUT2D eigenvalue weighted by Gasteiger charge is 2.24. The van der Waals surface area contributed by atoms with E-state index >= 15 is 0 Å². The Bertz CT molecular complexity index is 573. The van der Waals surface area contributed by atoms with Gasteiger partial charge in [0, 0.05) is 6.54 Å². The van der Waals surface area contributed by atoms with E-state index in [1.807, 2.05) is 6.92 Å². The number of aliphatic hydroxyl groups excluding tert-OH is 1. The molecule has 1 rings (SSSR count). The molecule has 4 nitrogen and oxygen atoms in total. The summed E-state index contributed by atoms with van der Waals surface area (Å²) in [7, 11) is -3.61. The molecule has 0 radical (unpaired) electrons. The minimum atomic E-state index is -3.61. The molecule has 5 heteroatoms. The summed E-state index contributed by atoms with van der Waals surface area (Å²) in [6, 6.07) is 4.90. The Morgan fingerprint density at radius 2 is 2.11 bits per heavy atom. The average molecular weight is 281 g/mol.